The Morgan fingerprint density at radius 1 is 1.53 bits per heavy atom. The highest BCUT2D eigenvalue weighted by Crippen LogP contribution is 2.23. The van der Waals surface area contributed by atoms with Crippen molar-refractivity contribution < 1.29 is 4.92 Å². The van der Waals surface area contributed by atoms with Crippen molar-refractivity contribution in [1.82, 2.24) is 4.98 Å². The molecule has 0 fully saturated rings. The summed E-state index contributed by atoms with van der Waals surface area (Å²) in [5.74, 6) is 0. The van der Waals surface area contributed by atoms with E-state index >= 15 is 0 Å². The molecule has 0 aliphatic heterocycles. The molecular weight excluding hydrogens is 238 g/mol. The van der Waals surface area contributed by atoms with Crippen LogP contribution in [0.4, 0.5) is 10.8 Å². The summed E-state index contributed by atoms with van der Waals surface area (Å²) < 4.78 is 0. The molecular formula is C11H11N3O2S. The predicted octanol–water partition coefficient (Wildman–Crippen LogP) is 3.22. The van der Waals surface area contributed by atoms with Crippen molar-refractivity contribution in [2.24, 2.45) is 0 Å². The van der Waals surface area contributed by atoms with Crippen molar-refractivity contribution in [3.05, 3.63) is 51.5 Å². The summed E-state index contributed by atoms with van der Waals surface area (Å²) >= 11 is 1.50. The zero-order valence-corrected chi connectivity index (χ0v) is 9.98. The van der Waals surface area contributed by atoms with Crippen LogP contribution in [0.5, 0.6) is 0 Å². The maximum Gasteiger partial charge on any atom is 0.269 e. The molecule has 0 radical (unpaired) electrons. The Hall–Kier alpha value is -1.95. The normalized spacial score (nSPS) is 12.1. The first-order chi connectivity index (χ1) is 8.16. The first kappa shape index (κ1) is 11.5. The van der Waals surface area contributed by atoms with E-state index in [-0.39, 0.29) is 16.7 Å². The van der Waals surface area contributed by atoms with Gasteiger partial charge in [0.1, 0.15) is 0 Å². The molecule has 5 nitrogen and oxygen atoms in total. The average Bonchev–Trinajstić information content (AvgIpc) is 2.82. The van der Waals surface area contributed by atoms with Crippen LogP contribution in [0.25, 0.3) is 0 Å². The average molecular weight is 249 g/mol. The highest BCUT2D eigenvalue weighted by molar-refractivity contribution is 7.13. The topological polar surface area (TPSA) is 68.1 Å². The van der Waals surface area contributed by atoms with Gasteiger partial charge in [-0.2, -0.15) is 0 Å². The van der Waals surface area contributed by atoms with Crippen LogP contribution < -0.4 is 5.32 Å². The third-order valence-electron chi connectivity index (χ3n) is 2.35. The van der Waals surface area contributed by atoms with Gasteiger partial charge in [0.15, 0.2) is 5.13 Å². The summed E-state index contributed by atoms with van der Waals surface area (Å²) in [5.41, 5.74) is 0.977. The first-order valence-electron chi connectivity index (χ1n) is 5.07. The Morgan fingerprint density at radius 2 is 2.35 bits per heavy atom. The standard InChI is InChI=1S/C11H11N3O2S/c1-8(13-11-12-5-6-17-11)9-3-2-4-10(7-9)14(15)16/h2-8H,1H3,(H,12,13). The van der Waals surface area contributed by atoms with Gasteiger partial charge in [-0.15, -0.1) is 11.3 Å². The number of thiazole rings is 1. The maximum atomic E-state index is 10.7. The molecule has 2 aromatic rings. The molecule has 2 rings (SSSR count). The second kappa shape index (κ2) is 4.92. The number of nitro groups is 1. The van der Waals surface area contributed by atoms with E-state index in [1.165, 1.54) is 17.4 Å². The molecule has 0 saturated heterocycles. The van der Waals surface area contributed by atoms with E-state index in [1.807, 2.05) is 18.4 Å². The number of nitro benzene ring substituents is 1. The fraction of sp³-hybridized carbons (Fsp3) is 0.182. The summed E-state index contributed by atoms with van der Waals surface area (Å²) in [5, 5.41) is 16.5. The Kier molecular flexibility index (Phi) is 3.34. The van der Waals surface area contributed by atoms with Gasteiger partial charge in [-0.1, -0.05) is 12.1 Å². The molecule has 0 spiro atoms. The maximum absolute atomic E-state index is 10.7. The Labute approximate surface area is 102 Å². The highest BCUT2D eigenvalue weighted by atomic mass is 32.1. The summed E-state index contributed by atoms with van der Waals surface area (Å²) in [6.45, 7) is 1.94. The smallest absolute Gasteiger partial charge is 0.269 e. The molecule has 6 heteroatoms. The monoisotopic (exact) mass is 249 g/mol. The minimum Gasteiger partial charge on any atom is -0.355 e. The zero-order chi connectivity index (χ0) is 12.3. The second-order valence-corrected chi connectivity index (χ2v) is 4.45. The van der Waals surface area contributed by atoms with Gasteiger partial charge in [-0.05, 0) is 12.5 Å². The molecule has 0 aliphatic carbocycles. The van der Waals surface area contributed by atoms with Gasteiger partial charge < -0.3 is 5.32 Å². The van der Waals surface area contributed by atoms with Crippen molar-refractivity contribution in [3.8, 4) is 0 Å². The molecule has 1 atom stereocenters. The minimum atomic E-state index is -0.389. The molecule has 1 N–H and O–H groups in total. The van der Waals surface area contributed by atoms with E-state index in [0.29, 0.717) is 0 Å². The number of benzene rings is 1. The molecule has 0 saturated carbocycles. The number of rotatable bonds is 4. The van der Waals surface area contributed by atoms with Gasteiger partial charge in [0.05, 0.1) is 11.0 Å². The van der Waals surface area contributed by atoms with Crippen LogP contribution in [-0.4, -0.2) is 9.91 Å². The lowest BCUT2D eigenvalue weighted by molar-refractivity contribution is -0.384. The Bertz CT molecular complexity index is 513. The molecule has 0 bridgehead atoms. The Balaban J connectivity index is 2.16. The van der Waals surface area contributed by atoms with Crippen LogP contribution in [0.1, 0.15) is 18.5 Å². The lowest BCUT2D eigenvalue weighted by Gasteiger charge is -2.12. The molecule has 1 unspecified atom stereocenters. The van der Waals surface area contributed by atoms with Gasteiger partial charge in [0.2, 0.25) is 0 Å². The van der Waals surface area contributed by atoms with Crippen LogP contribution in [0.3, 0.4) is 0 Å². The second-order valence-electron chi connectivity index (χ2n) is 3.56. The van der Waals surface area contributed by atoms with Gasteiger partial charge in [0, 0.05) is 23.7 Å². The molecule has 0 amide bonds. The molecule has 1 heterocycles. The van der Waals surface area contributed by atoms with Crippen molar-refractivity contribution in [1.29, 1.82) is 0 Å². The quantitative estimate of drug-likeness (QED) is 0.667. The van der Waals surface area contributed by atoms with Crippen LogP contribution >= 0.6 is 11.3 Å². The zero-order valence-electron chi connectivity index (χ0n) is 9.16. The third kappa shape index (κ3) is 2.79. The number of hydrogen-bond donors (Lipinski definition) is 1. The fourth-order valence-electron chi connectivity index (χ4n) is 1.47. The predicted molar refractivity (Wildman–Crippen MR) is 67.2 cm³/mol. The number of aromatic nitrogens is 1. The van der Waals surface area contributed by atoms with Crippen molar-refractivity contribution in [2.45, 2.75) is 13.0 Å². The molecule has 1 aromatic carbocycles. The lowest BCUT2D eigenvalue weighted by atomic mass is 10.1. The summed E-state index contributed by atoms with van der Waals surface area (Å²) in [6.07, 6.45) is 1.72. The molecule has 17 heavy (non-hydrogen) atoms. The number of nitrogens with one attached hydrogen (secondary N) is 1. The molecule has 0 aliphatic rings. The Morgan fingerprint density at radius 3 is 3.00 bits per heavy atom. The van der Waals surface area contributed by atoms with Gasteiger partial charge in [-0.3, -0.25) is 10.1 Å². The van der Waals surface area contributed by atoms with E-state index in [4.69, 9.17) is 0 Å². The van der Waals surface area contributed by atoms with Crippen LogP contribution in [0.2, 0.25) is 0 Å². The van der Waals surface area contributed by atoms with Crippen LogP contribution in [-0.2, 0) is 0 Å². The SMILES string of the molecule is CC(Nc1nccs1)c1cccc([N+](=O)[O-])c1. The van der Waals surface area contributed by atoms with Gasteiger partial charge >= 0.3 is 0 Å². The van der Waals surface area contributed by atoms with Gasteiger partial charge in [0.25, 0.3) is 5.69 Å². The number of nitrogens with zero attached hydrogens (tertiary/aromatic N) is 2. The van der Waals surface area contributed by atoms with Crippen molar-refractivity contribution in [3.63, 3.8) is 0 Å². The highest BCUT2D eigenvalue weighted by Gasteiger charge is 2.11. The summed E-state index contributed by atoms with van der Waals surface area (Å²) in [4.78, 5) is 14.4. The largest absolute Gasteiger partial charge is 0.355 e. The van der Waals surface area contributed by atoms with E-state index in [1.54, 1.807) is 18.3 Å². The van der Waals surface area contributed by atoms with E-state index in [2.05, 4.69) is 10.3 Å². The lowest BCUT2D eigenvalue weighted by Crippen LogP contribution is -2.06. The van der Waals surface area contributed by atoms with Crippen LogP contribution in [0.15, 0.2) is 35.8 Å². The fourth-order valence-corrected chi connectivity index (χ4v) is 2.09. The first-order valence-corrected chi connectivity index (χ1v) is 5.95. The van der Waals surface area contributed by atoms with Gasteiger partial charge in [-0.25, -0.2) is 4.98 Å². The van der Waals surface area contributed by atoms with Crippen molar-refractivity contribution >= 4 is 22.2 Å². The number of non-ortho nitro benzene ring substituents is 1. The summed E-state index contributed by atoms with van der Waals surface area (Å²) in [6, 6.07) is 6.59. The van der Waals surface area contributed by atoms with Crippen LogP contribution in [0, 0.1) is 10.1 Å². The van der Waals surface area contributed by atoms with Crippen molar-refractivity contribution in [2.75, 3.05) is 5.32 Å². The van der Waals surface area contributed by atoms with E-state index in [9.17, 15) is 10.1 Å². The minimum absolute atomic E-state index is 0.0129. The van der Waals surface area contributed by atoms with E-state index in [0.717, 1.165) is 10.7 Å². The third-order valence-corrected chi connectivity index (χ3v) is 3.06. The number of hydrogen-bond acceptors (Lipinski definition) is 5. The van der Waals surface area contributed by atoms with E-state index < -0.39 is 0 Å². The molecule has 1 aromatic heterocycles. The number of anilines is 1. The molecule has 88 valence electrons. The summed E-state index contributed by atoms with van der Waals surface area (Å²) in [7, 11) is 0.